The number of hydrogen-bond donors (Lipinski definition) is 0. The van der Waals surface area contributed by atoms with Gasteiger partial charge in [-0.25, -0.2) is 4.79 Å². The van der Waals surface area contributed by atoms with Crippen LogP contribution >= 0.6 is 27.7 Å². The first kappa shape index (κ1) is 39.2. The van der Waals surface area contributed by atoms with Gasteiger partial charge in [0.1, 0.15) is 28.4 Å². The first-order valence-corrected chi connectivity index (χ1v) is 21.7. The van der Waals surface area contributed by atoms with Gasteiger partial charge >= 0.3 is 5.97 Å². The standard InChI is InChI=1S/C46H52BrNO7S/c1-25(2)13-12-20-44(8)21-19-29-37(53-44)28(17-16-26(3)4)39-34(38(29)52-24-47)36-35-40(56-32-15-11-10-14-31(32)48-36)30-23-33-43(6,7)55-45(41(30)49,46(33,35)54-39)22-18-27(5)42(50)51-9/h10-11,13-16,18-19,21,30,33,35,40H,12,17,20,22-24H2,1-9H3. The largest absolute Gasteiger partial charge is 0.482 e. The first-order valence-electron chi connectivity index (χ1n) is 19.7. The van der Waals surface area contributed by atoms with Crippen LogP contribution in [0.25, 0.3) is 6.08 Å². The number of benzene rings is 2. The maximum atomic E-state index is 15.4. The third kappa shape index (κ3) is 5.82. The quantitative estimate of drug-likeness (QED) is 0.101. The van der Waals surface area contributed by atoms with Gasteiger partial charge in [-0.1, -0.05) is 41.5 Å². The highest BCUT2D eigenvalue weighted by Crippen LogP contribution is 2.73. The lowest BCUT2D eigenvalue weighted by Gasteiger charge is -2.63. The van der Waals surface area contributed by atoms with Crippen molar-refractivity contribution in [1.29, 1.82) is 0 Å². The molecule has 4 aliphatic heterocycles. The van der Waals surface area contributed by atoms with E-state index in [0.717, 1.165) is 51.4 Å². The van der Waals surface area contributed by atoms with Crippen molar-refractivity contribution in [2.24, 2.45) is 22.7 Å². The molecule has 0 amide bonds. The van der Waals surface area contributed by atoms with Crippen LogP contribution in [0.2, 0.25) is 0 Å². The highest BCUT2D eigenvalue weighted by molar-refractivity contribution is 9.09. The molecular weight excluding hydrogens is 790 g/mol. The van der Waals surface area contributed by atoms with E-state index in [4.69, 9.17) is 28.7 Å². The van der Waals surface area contributed by atoms with Crippen LogP contribution in [-0.4, -0.2) is 57.7 Å². The molecule has 56 heavy (non-hydrogen) atoms. The van der Waals surface area contributed by atoms with Crippen molar-refractivity contribution in [3.8, 4) is 17.2 Å². The number of nitrogens with zero attached hydrogens (tertiary/aromatic N) is 1. The number of halogens is 1. The number of ketones is 1. The molecule has 7 aliphatic rings. The summed E-state index contributed by atoms with van der Waals surface area (Å²) in [5.74, 6) is 0.704. The van der Waals surface area contributed by atoms with Crippen molar-refractivity contribution in [3.05, 3.63) is 82.0 Å². The van der Waals surface area contributed by atoms with Gasteiger partial charge in [-0.2, -0.15) is 0 Å². The van der Waals surface area contributed by atoms with Gasteiger partial charge < -0.3 is 23.7 Å². The molecule has 296 valence electrons. The molecule has 10 heteroatoms. The number of carbonyl (C=O) groups excluding carboxylic acids is 2. The number of fused-ring (bicyclic) bond motifs is 4. The van der Waals surface area contributed by atoms with Crippen LogP contribution in [0.1, 0.15) is 97.8 Å². The molecule has 0 N–H and O–H groups in total. The summed E-state index contributed by atoms with van der Waals surface area (Å²) < 4.78 is 34.0. The second-order valence-electron chi connectivity index (χ2n) is 17.4. The van der Waals surface area contributed by atoms with E-state index in [1.807, 2.05) is 18.2 Å². The Hall–Kier alpha value is -3.60. The minimum absolute atomic E-state index is 0.0240. The van der Waals surface area contributed by atoms with Crippen LogP contribution in [0.3, 0.4) is 0 Å². The Kier molecular flexibility index (Phi) is 9.84. The van der Waals surface area contributed by atoms with Gasteiger partial charge in [-0.3, -0.25) is 9.79 Å². The molecule has 2 aromatic rings. The van der Waals surface area contributed by atoms with Crippen LogP contribution < -0.4 is 14.2 Å². The number of aliphatic imine (C=N–C) groups is 1. The third-order valence-corrected chi connectivity index (χ3v) is 14.5. The van der Waals surface area contributed by atoms with Gasteiger partial charge in [0.2, 0.25) is 0 Å². The van der Waals surface area contributed by atoms with Crippen LogP contribution in [0.15, 0.2) is 75.2 Å². The smallest absolute Gasteiger partial charge is 0.333 e. The molecule has 7 unspecified atom stereocenters. The molecule has 3 saturated carbocycles. The summed E-state index contributed by atoms with van der Waals surface area (Å²) in [4.78, 5) is 34.9. The molecule has 4 bridgehead atoms. The van der Waals surface area contributed by atoms with Gasteiger partial charge in [0.15, 0.2) is 17.0 Å². The third-order valence-electron chi connectivity index (χ3n) is 12.8. The molecule has 0 aromatic heterocycles. The van der Waals surface area contributed by atoms with Crippen LogP contribution in [0, 0.1) is 17.8 Å². The monoisotopic (exact) mass is 841 g/mol. The fourth-order valence-corrected chi connectivity index (χ4v) is 12.1. The van der Waals surface area contributed by atoms with Crippen molar-refractivity contribution >= 4 is 56.9 Å². The average Bonchev–Trinajstić information content (AvgIpc) is 3.23. The number of hydrogen-bond acceptors (Lipinski definition) is 9. The number of allylic oxidation sites excluding steroid dienone is 4. The second-order valence-corrected chi connectivity index (χ2v) is 19.0. The zero-order chi connectivity index (χ0) is 39.9. The maximum Gasteiger partial charge on any atom is 0.333 e. The molecule has 0 radical (unpaired) electrons. The lowest BCUT2D eigenvalue weighted by atomic mass is 9.46. The van der Waals surface area contributed by atoms with Gasteiger partial charge in [0, 0.05) is 39.5 Å². The molecule has 2 aromatic carbocycles. The Bertz CT molecular complexity index is 2180. The molecule has 1 spiro atoms. The molecule has 8 nitrogen and oxygen atoms in total. The Morgan fingerprint density at radius 2 is 1.79 bits per heavy atom. The van der Waals surface area contributed by atoms with Gasteiger partial charge in [0.25, 0.3) is 0 Å². The predicted octanol–water partition coefficient (Wildman–Crippen LogP) is 10.5. The number of carbonyl (C=O) groups is 2. The summed E-state index contributed by atoms with van der Waals surface area (Å²) >= 11 is 5.34. The van der Waals surface area contributed by atoms with E-state index in [0.29, 0.717) is 35.7 Å². The van der Waals surface area contributed by atoms with Gasteiger partial charge in [-0.05, 0) is 121 Å². The van der Waals surface area contributed by atoms with Crippen LogP contribution in [0.4, 0.5) is 5.69 Å². The Balaban J connectivity index is 1.46. The molecule has 3 aliphatic carbocycles. The van der Waals surface area contributed by atoms with Crippen LogP contribution in [0.5, 0.6) is 17.2 Å². The number of rotatable bonds is 10. The second kappa shape index (κ2) is 14.0. The summed E-state index contributed by atoms with van der Waals surface area (Å²) in [6.45, 7) is 16.5. The zero-order valence-electron chi connectivity index (χ0n) is 33.8. The maximum absolute atomic E-state index is 15.4. The number of esters is 1. The van der Waals surface area contributed by atoms with E-state index in [1.54, 1.807) is 18.7 Å². The topological polar surface area (TPSA) is 92.7 Å². The van der Waals surface area contributed by atoms with Crippen LogP contribution in [-0.2, 0) is 25.5 Å². The predicted molar refractivity (Wildman–Crippen MR) is 225 cm³/mol. The SMILES string of the molecule is COC(=O)C(C)=CCC12OC(C)(C)C3CC(C1=O)C1Sc4ccccc4N=C4c5c(OCBr)c6c(c(CC=C(C)C)c5OC32C41)OC(C)(CCC=C(C)C)C=C6. The minimum Gasteiger partial charge on any atom is -0.482 e. The Labute approximate surface area is 343 Å². The van der Waals surface area contributed by atoms with E-state index in [9.17, 15) is 4.79 Å². The van der Waals surface area contributed by atoms with E-state index in [-0.39, 0.29) is 40.7 Å². The molecule has 9 rings (SSSR count). The number of ether oxygens (including phenoxy) is 5. The number of para-hydroxylation sites is 1. The molecule has 1 saturated heterocycles. The summed E-state index contributed by atoms with van der Waals surface area (Å²) in [7, 11) is 1.37. The molecule has 4 fully saturated rings. The summed E-state index contributed by atoms with van der Waals surface area (Å²) in [6, 6.07) is 8.21. The number of thioether (sulfide) groups is 1. The molecule has 4 heterocycles. The van der Waals surface area contributed by atoms with E-state index in [1.165, 1.54) is 12.7 Å². The number of methoxy groups -OCH3 is 1. The fraction of sp³-hybridized carbons (Fsp3) is 0.500. The van der Waals surface area contributed by atoms with Crippen molar-refractivity contribution in [2.45, 2.75) is 120 Å². The Morgan fingerprint density at radius 3 is 2.50 bits per heavy atom. The summed E-state index contributed by atoms with van der Waals surface area (Å²) in [5.41, 5.74) is 3.43. The Morgan fingerprint density at radius 1 is 1.04 bits per heavy atom. The highest BCUT2D eigenvalue weighted by atomic mass is 79.9. The van der Waals surface area contributed by atoms with E-state index < -0.39 is 28.4 Å². The van der Waals surface area contributed by atoms with E-state index in [2.05, 4.69) is 101 Å². The van der Waals surface area contributed by atoms with Crippen molar-refractivity contribution in [1.82, 2.24) is 0 Å². The van der Waals surface area contributed by atoms with Crippen molar-refractivity contribution in [3.63, 3.8) is 0 Å². The molecular formula is C46H52BrNO7S. The molecule has 7 atom stereocenters. The zero-order valence-corrected chi connectivity index (χ0v) is 36.2. The first-order chi connectivity index (χ1) is 26.6. The average molecular weight is 843 g/mol. The van der Waals surface area contributed by atoms with Gasteiger partial charge in [0.05, 0.1) is 41.2 Å². The summed E-state index contributed by atoms with van der Waals surface area (Å²) in [5, 5.41) is -0.176. The van der Waals surface area contributed by atoms with Crippen molar-refractivity contribution in [2.75, 3.05) is 12.6 Å². The highest BCUT2D eigenvalue weighted by Gasteiger charge is 2.85. The van der Waals surface area contributed by atoms with Gasteiger partial charge in [-0.15, -0.1) is 11.8 Å². The lowest BCUT2D eigenvalue weighted by molar-refractivity contribution is -0.196. The van der Waals surface area contributed by atoms with Crippen molar-refractivity contribution < 1.29 is 33.3 Å². The normalized spacial score (nSPS) is 31.0. The van der Waals surface area contributed by atoms with E-state index >= 15 is 4.79 Å². The minimum atomic E-state index is -1.41. The lowest BCUT2D eigenvalue weighted by Crippen LogP contribution is -2.79. The summed E-state index contributed by atoms with van der Waals surface area (Å²) in [6.07, 6.45) is 13.5. The number of alkyl halides is 1. The fourth-order valence-electron chi connectivity index (χ4n) is 10.3. The number of Topliss-reactive ketones (excluding diaryl/α,β-unsaturated/α-hetero) is 1.